The number of amides is 1. The summed E-state index contributed by atoms with van der Waals surface area (Å²) in [7, 11) is 3.52. The lowest BCUT2D eigenvalue weighted by Gasteiger charge is -2.19. The molecule has 0 bridgehead atoms. The summed E-state index contributed by atoms with van der Waals surface area (Å²) in [6.07, 6.45) is 0.822. The molecule has 1 amide bonds. The topological polar surface area (TPSA) is 67.6 Å². The Labute approximate surface area is 147 Å². The molecule has 128 valence electrons. The van der Waals surface area contributed by atoms with Gasteiger partial charge in [0.05, 0.1) is 23.4 Å². The predicted molar refractivity (Wildman–Crippen MR) is 99.1 cm³/mol. The number of para-hydroxylation sites is 1. The Hall–Kier alpha value is -2.40. The van der Waals surface area contributed by atoms with Gasteiger partial charge < -0.3 is 20.7 Å². The summed E-state index contributed by atoms with van der Waals surface area (Å²) in [4.78, 5) is 14.4. The molecule has 0 fully saturated rings. The van der Waals surface area contributed by atoms with E-state index in [-0.39, 0.29) is 5.91 Å². The smallest absolute Gasteiger partial charge is 0.255 e. The quantitative estimate of drug-likeness (QED) is 0.596. The van der Waals surface area contributed by atoms with Crippen molar-refractivity contribution in [3.8, 4) is 5.75 Å². The van der Waals surface area contributed by atoms with Gasteiger partial charge in [0.15, 0.2) is 0 Å². The number of benzene rings is 2. The maximum atomic E-state index is 12.3. The van der Waals surface area contributed by atoms with E-state index in [0.717, 1.165) is 18.7 Å². The van der Waals surface area contributed by atoms with Gasteiger partial charge in [0.25, 0.3) is 5.91 Å². The minimum Gasteiger partial charge on any atom is -0.496 e. The molecule has 0 aliphatic rings. The first kappa shape index (κ1) is 17.9. The zero-order valence-electron chi connectivity index (χ0n) is 13.9. The molecule has 24 heavy (non-hydrogen) atoms. The number of hydrogen-bond donors (Lipinski definition) is 2. The van der Waals surface area contributed by atoms with Crippen LogP contribution in [0.2, 0.25) is 5.02 Å². The number of methoxy groups -OCH3 is 1. The van der Waals surface area contributed by atoms with E-state index in [1.54, 1.807) is 6.07 Å². The fourth-order valence-corrected chi connectivity index (χ4v) is 2.50. The van der Waals surface area contributed by atoms with Crippen molar-refractivity contribution in [1.82, 2.24) is 5.32 Å². The van der Waals surface area contributed by atoms with Crippen molar-refractivity contribution in [2.45, 2.75) is 6.42 Å². The van der Waals surface area contributed by atoms with Gasteiger partial charge >= 0.3 is 0 Å². The van der Waals surface area contributed by atoms with Crippen LogP contribution in [0.25, 0.3) is 0 Å². The Morgan fingerprint density at radius 1 is 1.29 bits per heavy atom. The second-order valence-electron chi connectivity index (χ2n) is 5.44. The Bertz CT molecular complexity index is 692. The van der Waals surface area contributed by atoms with E-state index in [4.69, 9.17) is 22.1 Å². The number of hydrogen-bond acceptors (Lipinski definition) is 4. The van der Waals surface area contributed by atoms with Crippen molar-refractivity contribution in [3.63, 3.8) is 0 Å². The summed E-state index contributed by atoms with van der Waals surface area (Å²) in [5, 5.41) is 3.22. The normalized spacial score (nSPS) is 10.3. The molecule has 0 aliphatic heterocycles. The maximum Gasteiger partial charge on any atom is 0.255 e. The third-order valence-electron chi connectivity index (χ3n) is 3.72. The van der Waals surface area contributed by atoms with Crippen molar-refractivity contribution in [2.24, 2.45) is 0 Å². The van der Waals surface area contributed by atoms with E-state index in [9.17, 15) is 4.79 Å². The molecule has 2 aromatic rings. The van der Waals surface area contributed by atoms with Crippen LogP contribution in [0.1, 0.15) is 16.8 Å². The zero-order chi connectivity index (χ0) is 17.5. The van der Waals surface area contributed by atoms with E-state index in [1.165, 1.54) is 13.2 Å². The van der Waals surface area contributed by atoms with E-state index in [0.29, 0.717) is 28.6 Å². The highest BCUT2D eigenvalue weighted by Gasteiger charge is 2.14. The number of rotatable bonds is 7. The Balaban J connectivity index is 1.87. The SMILES string of the molecule is COc1cc(N)c(Cl)cc1C(=O)NCCCN(C)c1ccccc1. The number of carbonyl (C=O) groups excluding carboxylic acids is 1. The Morgan fingerprint density at radius 2 is 2.00 bits per heavy atom. The van der Waals surface area contributed by atoms with Crippen LogP contribution in [0, 0.1) is 0 Å². The molecular weight excluding hydrogens is 326 g/mol. The van der Waals surface area contributed by atoms with Crippen molar-refractivity contribution in [2.75, 3.05) is 37.9 Å². The molecule has 0 radical (unpaired) electrons. The second-order valence-corrected chi connectivity index (χ2v) is 5.85. The minimum absolute atomic E-state index is 0.226. The van der Waals surface area contributed by atoms with Crippen LogP contribution in [0.4, 0.5) is 11.4 Å². The summed E-state index contributed by atoms with van der Waals surface area (Å²) < 4.78 is 5.20. The van der Waals surface area contributed by atoms with Gasteiger partial charge in [-0.1, -0.05) is 29.8 Å². The first-order chi connectivity index (χ1) is 11.5. The van der Waals surface area contributed by atoms with Gasteiger partial charge in [0.1, 0.15) is 5.75 Å². The zero-order valence-corrected chi connectivity index (χ0v) is 14.6. The van der Waals surface area contributed by atoms with Crippen LogP contribution in [0.5, 0.6) is 5.75 Å². The monoisotopic (exact) mass is 347 g/mol. The molecule has 0 spiro atoms. The summed E-state index contributed by atoms with van der Waals surface area (Å²) in [5.74, 6) is 0.187. The number of ether oxygens (including phenoxy) is 1. The van der Waals surface area contributed by atoms with Crippen molar-refractivity contribution in [3.05, 3.63) is 53.1 Å². The van der Waals surface area contributed by atoms with Crippen LogP contribution < -0.4 is 20.7 Å². The molecule has 0 saturated heterocycles. The lowest BCUT2D eigenvalue weighted by molar-refractivity contribution is 0.0950. The van der Waals surface area contributed by atoms with Crippen molar-refractivity contribution < 1.29 is 9.53 Å². The van der Waals surface area contributed by atoms with E-state index >= 15 is 0 Å². The molecule has 0 unspecified atom stereocenters. The molecule has 0 heterocycles. The molecule has 5 nitrogen and oxygen atoms in total. The number of nitrogen functional groups attached to an aromatic ring is 1. The number of nitrogens with one attached hydrogen (secondary N) is 1. The Morgan fingerprint density at radius 3 is 2.67 bits per heavy atom. The van der Waals surface area contributed by atoms with Gasteiger partial charge in [-0.3, -0.25) is 4.79 Å². The standard InChI is InChI=1S/C18H22ClN3O2/c1-22(13-7-4-3-5-8-13)10-6-9-21-18(23)14-11-15(19)16(20)12-17(14)24-2/h3-5,7-8,11-12H,6,9-10,20H2,1-2H3,(H,21,23). The van der Waals surface area contributed by atoms with Gasteiger partial charge in [-0.2, -0.15) is 0 Å². The third-order valence-corrected chi connectivity index (χ3v) is 4.04. The van der Waals surface area contributed by atoms with Crippen LogP contribution in [-0.2, 0) is 0 Å². The van der Waals surface area contributed by atoms with Crippen molar-refractivity contribution >= 4 is 28.9 Å². The molecule has 0 saturated carbocycles. The number of nitrogens with zero attached hydrogens (tertiary/aromatic N) is 1. The fraction of sp³-hybridized carbons (Fsp3) is 0.278. The number of carbonyl (C=O) groups is 1. The number of anilines is 2. The summed E-state index contributed by atoms with van der Waals surface area (Å²) in [5.41, 5.74) is 7.64. The van der Waals surface area contributed by atoms with E-state index in [2.05, 4.69) is 22.3 Å². The molecule has 0 aliphatic carbocycles. The largest absolute Gasteiger partial charge is 0.496 e. The highest BCUT2D eigenvalue weighted by atomic mass is 35.5. The summed E-state index contributed by atoms with van der Waals surface area (Å²) in [6.45, 7) is 1.39. The number of halogens is 1. The molecule has 0 aromatic heterocycles. The van der Waals surface area contributed by atoms with Gasteiger partial charge in [0.2, 0.25) is 0 Å². The van der Waals surface area contributed by atoms with Crippen LogP contribution in [0.15, 0.2) is 42.5 Å². The summed E-state index contributed by atoms with van der Waals surface area (Å²) >= 11 is 5.99. The Kier molecular flexibility index (Phi) is 6.32. The van der Waals surface area contributed by atoms with E-state index in [1.807, 2.05) is 25.2 Å². The summed E-state index contributed by atoms with van der Waals surface area (Å²) in [6, 6.07) is 13.2. The maximum absolute atomic E-state index is 12.3. The van der Waals surface area contributed by atoms with Gasteiger partial charge in [-0.05, 0) is 24.6 Å². The average Bonchev–Trinajstić information content (AvgIpc) is 2.61. The van der Waals surface area contributed by atoms with Crippen LogP contribution in [0.3, 0.4) is 0 Å². The highest BCUT2D eigenvalue weighted by molar-refractivity contribution is 6.33. The highest BCUT2D eigenvalue weighted by Crippen LogP contribution is 2.28. The molecule has 2 aromatic carbocycles. The number of nitrogens with two attached hydrogens (primary N) is 1. The first-order valence-corrected chi connectivity index (χ1v) is 8.08. The lowest BCUT2D eigenvalue weighted by Crippen LogP contribution is -2.28. The minimum atomic E-state index is -0.226. The predicted octanol–water partition coefficient (Wildman–Crippen LogP) is 3.19. The molecular formula is C18H22ClN3O2. The van der Waals surface area contributed by atoms with Gasteiger partial charge in [-0.15, -0.1) is 0 Å². The molecule has 6 heteroatoms. The first-order valence-electron chi connectivity index (χ1n) is 7.70. The van der Waals surface area contributed by atoms with Gasteiger partial charge in [0, 0.05) is 31.9 Å². The third kappa shape index (κ3) is 4.55. The fourth-order valence-electron chi connectivity index (χ4n) is 2.34. The second kappa shape index (κ2) is 8.45. The average molecular weight is 348 g/mol. The van der Waals surface area contributed by atoms with Crippen molar-refractivity contribution in [1.29, 1.82) is 0 Å². The molecule has 2 rings (SSSR count). The van der Waals surface area contributed by atoms with Crippen LogP contribution in [-0.4, -0.2) is 33.2 Å². The molecule has 0 atom stereocenters. The van der Waals surface area contributed by atoms with Crippen LogP contribution >= 0.6 is 11.6 Å². The molecule has 3 N–H and O–H groups in total. The lowest BCUT2D eigenvalue weighted by atomic mass is 10.1. The van der Waals surface area contributed by atoms with Gasteiger partial charge in [-0.25, -0.2) is 0 Å². The van der Waals surface area contributed by atoms with E-state index < -0.39 is 0 Å².